The lowest BCUT2D eigenvalue weighted by Crippen LogP contribution is -2.42. The largest absolute Gasteiger partial charge is 0.483 e. The van der Waals surface area contributed by atoms with E-state index in [1.807, 2.05) is 50.2 Å². The number of piperidine rings is 1. The Kier molecular flexibility index (Phi) is 6.49. The number of carbonyl (C=O) groups excluding carboxylic acids is 1. The van der Waals surface area contributed by atoms with Crippen LogP contribution < -0.4 is 10.4 Å². The third-order valence-electron chi connectivity index (χ3n) is 6.26. The molecule has 1 aromatic heterocycles. The van der Waals surface area contributed by atoms with E-state index in [0.29, 0.717) is 54.6 Å². The number of aliphatic carboxylic acids is 1. The Morgan fingerprint density at radius 1 is 1.12 bits per heavy atom. The van der Waals surface area contributed by atoms with Gasteiger partial charge in [-0.2, -0.15) is 0 Å². The van der Waals surface area contributed by atoms with E-state index in [4.69, 9.17) is 14.3 Å². The first-order valence-electron chi connectivity index (χ1n) is 11.1. The lowest BCUT2D eigenvalue weighted by molar-refractivity contribution is -0.146. The minimum Gasteiger partial charge on any atom is -0.483 e. The minimum absolute atomic E-state index is 0.164. The predicted molar refractivity (Wildman–Crippen MR) is 124 cm³/mol. The third-order valence-corrected chi connectivity index (χ3v) is 6.26. The number of rotatable bonds is 6. The van der Waals surface area contributed by atoms with Gasteiger partial charge in [0.2, 0.25) is 0 Å². The van der Waals surface area contributed by atoms with Gasteiger partial charge in [0.05, 0.1) is 11.3 Å². The maximum Gasteiger partial charge on any atom is 0.340 e. The molecule has 0 saturated carbocycles. The molecular formula is C26H27NO6. The van der Waals surface area contributed by atoms with Gasteiger partial charge in [-0.15, -0.1) is 0 Å². The van der Waals surface area contributed by atoms with Gasteiger partial charge >= 0.3 is 11.6 Å². The molecule has 1 aliphatic heterocycles. The minimum atomic E-state index is -0.812. The maximum atomic E-state index is 12.7. The fourth-order valence-corrected chi connectivity index (χ4v) is 4.36. The van der Waals surface area contributed by atoms with Crippen molar-refractivity contribution in [2.24, 2.45) is 5.92 Å². The van der Waals surface area contributed by atoms with Crippen LogP contribution in [0.5, 0.6) is 5.75 Å². The van der Waals surface area contributed by atoms with E-state index in [1.54, 1.807) is 11.0 Å². The monoisotopic (exact) mass is 449 g/mol. The second kappa shape index (κ2) is 9.48. The Hall–Kier alpha value is -3.61. The van der Waals surface area contributed by atoms with Crippen LogP contribution in [0.1, 0.15) is 35.1 Å². The molecule has 1 fully saturated rings. The Balaban J connectivity index is 1.58. The summed E-state index contributed by atoms with van der Waals surface area (Å²) in [5.41, 5.74) is 3.24. The van der Waals surface area contributed by atoms with Crippen molar-refractivity contribution < 1.29 is 23.8 Å². The molecule has 0 atom stereocenters. The van der Waals surface area contributed by atoms with E-state index in [1.165, 1.54) is 0 Å². The van der Waals surface area contributed by atoms with Gasteiger partial charge in [0, 0.05) is 25.1 Å². The van der Waals surface area contributed by atoms with Gasteiger partial charge in [-0.3, -0.25) is 9.59 Å². The highest BCUT2D eigenvalue weighted by molar-refractivity contribution is 5.89. The molecule has 1 N–H and O–H groups in total. The number of nitrogens with zero attached hydrogens (tertiary/aromatic N) is 1. The maximum absolute atomic E-state index is 12.7. The number of aryl methyl sites for hydroxylation is 2. The Labute approximate surface area is 191 Å². The van der Waals surface area contributed by atoms with Crippen molar-refractivity contribution >= 4 is 22.8 Å². The number of fused-ring (bicyclic) bond motifs is 1. The van der Waals surface area contributed by atoms with Crippen LogP contribution >= 0.6 is 0 Å². The standard InChI is InChI=1S/C26H27NO6/c1-16-12-21(32-15-23(28)27-10-8-19(9-11-27)25(29)30)24-17(2)20(26(31)33-22(24)13-16)14-18-6-4-3-5-7-18/h3-7,12-13,19H,8-11,14-15H2,1-2H3,(H,29,30). The lowest BCUT2D eigenvalue weighted by Gasteiger charge is -2.30. The molecule has 0 radical (unpaired) electrons. The van der Waals surface area contributed by atoms with Gasteiger partial charge in [0.15, 0.2) is 6.61 Å². The second-order valence-electron chi connectivity index (χ2n) is 8.57. The average Bonchev–Trinajstić information content (AvgIpc) is 2.80. The van der Waals surface area contributed by atoms with E-state index >= 15 is 0 Å². The highest BCUT2D eigenvalue weighted by Crippen LogP contribution is 2.32. The van der Waals surface area contributed by atoms with Gasteiger partial charge in [-0.1, -0.05) is 30.3 Å². The molecule has 2 heterocycles. The number of carboxylic acids is 1. The number of hydrogen-bond acceptors (Lipinski definition) is 5. The zero-order chi connectivity index (χ0) is 23.5. The summed E-state index contributed by atoms with van der Waals surface area (Å²) >= 11 is 0. The molecule has 1 amide bonds. The number of carboxylic acid groups (broad SMARTS) is 1. The summed E-state index contributed by atoms with van der Waals surface area (Å²) in [6.45, 7) is 4.39. The summed E-state index contributed by atoms with van der Waals surface area (Å²) < 4.78 is 11.6. The zero-order valence-electron chi connectivity index (χ0n) is 18.8. The smallest absolute Gasteiger partial charge is 0.340 e. The average molecular weight is 450 g/mol. The number of benzene rings is 2. The van der Waals surface area contributed by atoms with Gasteiger partial charge in [-0.25, -0.2) is 4.79 Å². The van der Waals surface area contributed by atoms with Crippen LogP contribution in [-0.2, 0) is 16.0 Å². The van der Waals surface area contributed by atoms with Crippen molar-refractivity contribution in [1.82, 2.24) is 4.90 Å². The Morgan fingerprint density at radius 2 is 1.82 bits per heavy atom. The molecule has 3 aromatic rings. The molecule has 4 rings (SSSR count). The molecular weight excluding hydrogens is 422 g/mol. The van der Waals surface area contributed by atoms with Gasteiger partial charge in [-0.05, 0) is 55.5 Å². The number of amides is 1. The highest BCUT2D eigenvalue weighted by Gasteiger charge is 2.27. The predicted octanol–water partition coefficient (Wildman–Crippen LogP) is 3.70. The molecule has 0 unspecified atom stereocenters. The van der Waals surface area contributed by atoms with Gasteiger partial charge in [0.1, 0.15) is 11.3 Å². The number of likely N-dealkylation sites (tertiary alicyclic amines) is 1. The van der Waals surface area contributed by atoms with Gasteiger partial charge < -0.3 is 19.2 Å². The fourth-order valence-electron chi connectivity index (χ4n) is 4.36. The van der Waals surface area contributed by atoms with Crippen molar-refractivity contribution in [2.45, 2.75) is 33.1 Å². The normalized spacial score (nSPS) is 14.4. The van der Waals surface area contributed by atoms with Crippen LogP contribution in [0.3, 0.4) is 0 Å². The Bertz CT molecular complexity index is 1240. The first-order valence-corrected chi connectivity index (χ1v) is 11.1. The summed E-state index contributed by atoms with van der Waals surface area (Å²) in [5, 5.41) is 9.83. The number of carbonyl (C=O) groups is 2. The van der Waals surface area contributed by atoms with E-state index in [-0.39, 0.29) is 18.1 Å². The molecule has 0 spiro atoms. The highest BCUT2D eigenvalue weighted by atomic mass is 16.5. The third kappa shape index (κ3) is 4.92. The van der Waals surface area contributed by atoms with Crippen LogP contribution in [0.4, 0.5) is 0 Å². The number of ether oxygens (including phenoxy) is 1. The SMILES string of the molecule is Cc1cc(OCC(=O)N2CCC(C(=O)O)CC2)c2c(C)c(Cc3ccccc3)c(=O)oc2c1. The molecule has 0 aliphatic carbocycles. The molecule has 7 heteroatoms. The van der Waals surface area contributed by atoms with Crippen LogP contribution in [-0.4, -0.2) is 41.6 Å². The molecule has 0 bridgehead atoms. The van der Waals surface area contributed by atoms with Crippen LogP contribution in [0.25, 0.3) is 11.0 Å². The van der Waals surface area contributed by atoms with Crippen molar-refractivity contribution in [3.8, 4) is 5.75 Å². The first-order chi connectivity index (χ1) is 15.8. The quantitative estimate of drug-likeness (QED) is 0.577. The van der Waals surface area contributed by atoms with Crippen molar-refractivity contribution in [3.63, 3.8) is 0 Å². The first kappa shape index (κ1) is 22.6. The van der Waals surface area contributed by atoms with E-state index in [9.17, 15) is 14.4 Å². The summed E-state index contributed by atoms with van der Waals surface area (Å²) in [6, 6.07) is 13.3. The molecule has 7 nitrogen and oxygen atoms in total. The summed E-state index contributed by atoms with van der Waals surface area (Å²) in [6.07, 6.45) is 1.33. The van der Waals surface area contributed by atoms with Crippen LogP contribution in [0.15, 0.2) is 51.7 Å². The lowest BCUT2D eigenvalue weighted by atomic mass is 9.97. The molecule has 1 saturated heterocycles. The molecule has 172 valence electrons. The second-order valence-corrected chi connectivity index (χ2v) is 8.57. The molecule has 33 heavy (non-hydrogen) atoms. The van der Waals surface area contributed by atoms with Gasteiger partial charge in [0.25, 0.3) is 5.91 Å². The van der Waals surface area contributed by atoms with Crippen molar-refractivity contribution in [2.75, 3.05) is 19.7 Å². The van der Waals surface area contributed by atoms with E-state index in [2.05, 4.69) is 0 Å². The Morgan fingerprint density at radius 3 is 2.48 bits per heavy atom. The molecule has 1 aliphatic rings. The fraction of sp³-hybridized carbons (Fsp3) is 0.346. The van der Waals surface area contributed by atoms with Crippen LogP contribution in [0.2, 0.25) is 0 Å². The molecule has 2 aromatic carbocycles. The van der Waals surface area contributed by atoms with E-state index in [0.717, 1.165) is 16.7 Å². The summed E-state index contributed by atoms with van der Waals surface area (Å²) in [4.78, 5) is 38.2. The summed E-state index contributed by atoms with van der Waals surface area (Å²) in [5.74, 6) is -0.903. The van der Waals surface area contributed by atoms with Crippen molar-refractivity contribution in [3.05, 3.63) is 75.1 Å². The van der Waals surface area contributed by atoms with Crippen LogP contribution in [0, 0.1) is 19.8 Å². The van der Waals surface area contributed by atoms with E-state index < -0.39 is 11.9 Å². The zero-order valence-corrected chi connectivity index (χ0v) is 18.8. The summed E-state index contributed by atoms with van der Waals surface area (Å²) in [7, 11) is 0. The number of hydrogen-bond donors (Lipinski definition) is 1. The van der Waals surface area contributed by atoms with Crippen molar-refractivity contribution in [1.29, 1.82) is 0 Å². The topological polar surface area (TPSA) is 97.0 Å².